The van der Waals surface area contributed by atoms with Gasteiger partial charge in [0.15, 0.2) is 6.61 Å². The molecule has 2 aromatic carbocycles. The first-order valence-electron chi connectivity index (χ1n) is 9.86. The molecule has 5 nitrogen and oxygen atoms in total. The van der Waals surface area contributed by atoms with Crippen molar-refractivity contribution in [2.24, 2.45) is 0 Å². The van der Waals surface area contributed by atoms with Gasteiger partial charge in [-0.15, -0.1) is 0 Å². The van der Waals surface area contributed by atoms with Crippen LogP contribution in [0.4, 0.5) is 0 Å². The molecule has 154 valence electrons. The fourth-order valence-electron chi connectivity index (χ4n) is 2.76. The third kappa shape index (κ3) is 7.11. The van der Waals surface area contributed by atoms with Gasteiger partial charge in [0.2, 0.25) is 0 Å². The summed E-state index contributed by atoms with van der Waals surface area (Å²) in [5.74, 6) is 0.596. The molecule has 0 radical (unpaired) electrons. The predicted molar refractivity (Wildman–Crippen MR) is 117 cm³/mol. The highest BCUT2D eigenvalue weighted by Gasteiger charge is 2.10. The summed E-state index contributed by atoms with van der Waals surface area (Å²) in [5, 5.41) is 0. The molecule has 0 fully saturated rings. The molecule has 29 heavy (non-hydrogen) atoms. The minimum atomic E-state index is -0.427. The lowest BCUT2D eigenvalue weighted by molar-refractivity contribution is -0.128. The lowest BCUT2D eigenvalue weighted by Gasteiger charge is -2.14. The van der Waals surface area contributed by atoms with Gasteiger partial charge in [0.1, 0.15) is 5.75 Å². The van der Waals surface area contributed by atoms with Gasteiger partial charge in [0, 0.05) is 6.08 Å². The summed E-state index contributed by atoms with van der Waals surface area (Å²) in [6, 6.07) is 13.9. The number of carbonyl (C=O) groups is 2. The van der Waals surface area contributed by atoms with Crippen LogP contribution in [0.3, 0.4) is 0 Å². The molecule has 0 atom stereocenters. The van der Waals surface area contributed by atoms with E-state index in [1.807, 2.05) is 49.4 Å². The highest BCUT2D eigenvalue weighted by molar-refractivity contribution is 5.93. The number of carbonyl (C=O) groups excluding carboxylic acids is 2. The maximum absolute atomic E-state index is 12.0. The maximum atomic E-state index is 12.0. The summed E-state index contributed by atoms with van der Waals surface area (Å²) in [7, 11) is 0. The molecule has 0 unspecified atom stereocenters. The molecule has 0 saturated carbocycles. The molecule has 0 spiro atoms. The maximum Gasteiger partial charge on any atom is 0.276 e. The van der Waals surface area contributed by atoms with Crippen LogP contribution >= 0.6 is 0 Å². The molecule has 0 bridgehead atoms. The van der Waals surface area contributed by atoms with Crippen LogP contribution in [0.15, 0.2) is 48.5 Å². The second-order valence-electron chi connectivity index (χ2n) is 7.68. The molecule has 0 heterocycles. The third-order valence-electron chi connectivity index (χ3n) is 4.51. The number of aryl methyl sites for hydroxylation is 1. The van der Waals surface area contributed by atoms with Crippen LogP contribution in [0.1, 0.15) is 61.8 Å². The smallest absolute Gasteiger partial charge is 0.276 e. The topological polar surface area (TPSA) is 67.4 Å². The second kappa shape index (κ2) is 10.5. The fourth-order valence-corrected chi connectivity index (χ4v) is 2.76. The summed E-state index contributed by atoms with van der Waals surface area (Å²) >= 11 is 0. The molecule has 5 heteroatoms. The fraction of sp³-hybridized carbons (Fsp3) is 0.333. The number of ether oxygens (including phenoxy) is 1. The number of hydrogen-bond donors (Lipinski definition) is 2. The van der Waals surface area contributed by atoms with Gasteiger partial charge in [0.05, 0.1) is 0 Å². The Morgan fingerprint density at radius 2 is 1.66 bits per heavy atom. The van der Waals surface area contributed by atoms with Crippen LogP contribution in [0.25, 0.3) is 6.08 Å². The van der Waals surface area contributed by atoms with Gasteiger partial charge in [-0.2, -0.15) is 0 Å². The van der Waals surface area contributed by atoms with Crippen LogP contribution in [0.2, 0.25) is 0 Å². The minimum Gasteiger partial charge on any atom is -0.483 e. The molecule has 2 amide bonds. The van der Waals surface area contributed by atoms with Crippen molar-refractivity contribution in [1.29, 1.82) is 0 Å². The Hall–Kier alpha value is -3.08. The summed E-state index contributed by atoms with van der Waals surface area (Å²) < 4.78 is 5.65. The molecule has 2 aromatic rings. The number of rotatable bonds is 7. The Labute approximate surface area is 173 Å². The van der Waals surface area contributed by atoms with Crippen molar-refractivity contribution < 1.29 is 14.3 Å². The second-order valence-corrected chi connectivity index (χ2v) is 7.68. The predicted octanol–water partition coefficient (Wildman–Crippen LogP) is 4.48. The van der Waals surface area contributed by atoms with Gasteiger partial charge in [-0.1, -0.05) is 64.1 Å². The van der Waals surface area contributed by atoms with Crippen molar-refractivity contribution in [3.63, 3.8) is 0 Å². The molecular weight excluding hydrogens is 364 g/mol. The van der Waals surface area contributed by atoms with Crippen molar-refractivity contribution in [3.8, 4) is 5.75 Å². The lowest BCUT2D eigenvalue weighted by Crippen LogP contribution is -2.43. The Bertz CT molecular complexity index is 868. The zero-order chi connectivity index (χ0) is 21.4. The van der Waals surface area contributed by atoms with E-state index in [4.69, 9.17) is 4.74 Å². The molecule has 0 aliphatic heterocycles. The van der Waals surface area contributed by atoms with Crippen molar-refractivity contribution in [1.82, 2.24) is 10.9 Å². The minimum absolute atomic E-state index is 0.177. The molecule has 2 rings (SSSR count). The van der Waals surface area contributed by atoms with Crippen molar-refractivity contribution in [3.05, 3.63) is 70.8 Å². The molecular formula is C24H30N2O3. The van der Waals surface area contributed by atoms with Crippen LogP contribution in [-0.4, -0.2) is 18.4 Å². The highest BCUT2D eigenvalue weighted by atomic mass is 16.5. The molecule has 0 saturated heterocycles. The van der Waals surface area contributed by atoms with Crippen molar-refractivity contribution in [2.75, 3.05) is 6.61 Å². The Kier molecular flexibility index (Phi) is 8.01. The van der Waals surface area contributed by atoms with Gasteiger partial charge in [-0.3, -0.25) is 20.4 Å². The van der Waals surface area contributed by atoms with Gasteiger partial charge >= 0.3 is 0 Å². The van der Waals surface area contributed by atoms with E-state index in [1.165, 1.54) is 11.6 Å². The monoisotopic (exact) mass is 394 g/mol. The normalized spacial score (nSPS) is 11.1. The third-order valence-corrected chi connectivity index (χ3v) is 4.51. The van der Waals surface area contributed by atoms with E-state index in [2.05, 4.69) is 38.5 Å². The van der Waals surface area contributed by atoms with Gasteiger partial charge in [-0.05, 0) is 53.2 Å². The summed E-state index contributed by atoms with van der Waals surface area (Å²) in [5.41, 5.74) is 8.98. The van der Waals surface area contributed by atoms with E-state index in [-0.39, 0.29) is 12.5 Å². The van der Waals surface area contributed by atoms with Crippen LogP contribution in [0, 0.1) is 6.92 Å². The van der Waals surface area contributed by atoms with E-state index >= 15 is 0 Å². The standard InChI is InChI=1S/C24H30N2O3/c1-16(2)20-10-7-19(8-11-20)9-13-23(27)25-26-24(28)15-29-22-14-18(5)6-12-21(22)17(3)4/h6-14,16-17H,15H2,1-5H3,(H,25,27)(H,26,28)/b13-9+. The Balaban J connectivity index is 1.81. The average Bonchev–Trinajstić information content (AvgIpc) is 2.69. The summed E-state index contributed by atoms with van der Waals surface area (Å²) in [6.07, 6.45) is 3.08. The van der Waals surface area contributed by atoms with Crippen molar-refractivity contribution in [2.45, 2.75) is 46.5 Å². The quantitative estimate of drug-likeness (QED) is 0.537. The number of hydrogen-bond acceptors (Lipinski definition) is 3. The first-order valence-corrected chi connectivity index (χ1v) is 9.86. The van der Waals surface area contributed by atoms with Gasteiger partial charge in [-0.25, -0.2) is 0 Å². The number of nitrogens with one attached hydrogen (secondary N) is 2. The van der Waals surface area contributed by atoms with Crippen LogP contribution in [-0.2, 0) is 9.59 Å². The number of benzene rings is 2. The van der Waals surface area contributed by atoms with E-state index in [0.717, 1.165) is 16.7 Å². The lowest BCUT2D eigenvalue weighted by atomic mass is 10.0. The first kappa shape index (κ1) is 22.2. The number of hydrazine groups is 1. The highest BCUT2D eigenvalue weighted by Crippen LogP contribution is 2.27. The summed E-state index contributed by atoms with van der Waals surface area (Å²) in [4.78, 5) is 23.9. The average molecular weight is 395 g/mol. The molecule has 0 aromatic heterocycles. The first-order chi connectivity index (χ1) is 13.8. The molecule has 0 aliphatic rings. The SMILES string of the molecule is Cc1ccc(C(C)C)c(OCC(=O)NNC(=O)/C=C/c2ccc(C(C)C)cc2)c1. The number of amides is 2. The van der Waals surface area contributed by atoms with E-state index in [1.54, 1.807) is 6.08 Å². The Morgan fingerprint density at radius 3 is 2.28 bits per heavy atom. The van der Waals surface area contributed by atoms with Crippen LogP contribution < -0.4 is 15.6 Å². The van der Waals surface area contributed by atoms with E-state index in [9.17, 15) is 9.59 Å². The molecule has 0 aliphatic carbocycles. The molecule has 2 N–H and O–H groups in total. The van der Waals surface area contributed by atoms with Gasteiger partial charge < -0.3 is 4.74 Å². The zero-order valence-corrected chi connectivity index (χ0v) is 17.8. The van der Waals surface area contributed by atoms with Crippen LogP contribution in [0.5, 0.6) is 5.75 Å². The summed E-state index contributed by atoms with van der Waals surface area (Å²) in [6.45, 7) is 10.2. The van der Waals surface area contributed by atoms with E-state index < -0.39 is 11.8 Å². The van der Waals surface area contributed by atoms with Gasteiger partial charge in [0.25, 0.3) is 11.8 Å². The largest absolute Gasteiger partial charge is 0.483 e. The van der Waals surface area contributed by atoms with Crippen molar-refractivity contribution >= 4 is 17.9 Å². The Morgan fingerprint density at radius 1 is 0.966 bits per heavy atom. The van der Waals surface area contributed by atoms with E-state index in [0.29, 0.717) is 11.7 Å². The zero-order valence-electron chi connectivity index (χ0n) is 17.8.